The molecule has 0 bridgehead atoms. The van der Waals surface area contributed by atoms with Crippen molar-refractivity contribution in [3.05, 3.63) is 69.8 Å². The number of nitrogens with zero attached hydrogens (tertiary/aromatic N) is 4. The molecule has 0 spiro atoms. The number of amides is 1. The highest BCUT2D eigenvalue weighted by atomic mass is 16.6. The first-order valence-corrected chi connectivity index (χ1v) is 8.54. The fraction of sp³-hybridized carbons (Fsp3) is 0.263. The van der Waals surface area contributed by atoms with Crippen LogP contribution in [0.1, 0.15) is 15.9 Å². The molecule has 0 saturated carbocycles. The van der Waals surface area contributed by atoms with E-state index in [2.05, 4.69) is 9.99 Å². The van der Waals surface area contributed by atoms with Crippen molar-refractivity contribution in [2.45, 2.75) is 0 Å². The quantitative estimate of drug-likeness (QED) is 0.460. The largest absolute Gasteiger partial charge is 0.399 e. The molecule has 0 atom stereocenters. The van der Waals surface area contributed by atoms with Crippen LogP contribution in [0.15, 0.2) is 53.7 Å². The zero-order chi connectivity index (χ0) is 19.2. The van der Waals surface area contributed by atoms with Gasteiger partial charge in [0.1, 0.15) is 12.8 Å². The lowest BCUT2D eigenvalue weighted by Gasteiger charge is -2.35. The van der Waals surface area contributed by atoms with Crippen LogP contribution in [0, 0.1) is 10.1 Å². The average molecular weight is 368 g/mol. The van der Waals surface area contributed by atoms with Gasteiger partial charge in [0.2, 0.25) is 0 Å². The minimum atomic E-state index is -0.374. The van der Waals surface area contributed by atoms with E-state index in [4.69, 9.17) is 0 Å². The minimum Gasteiger partial charge on any atom is -0.399 e. The third-order valence-corrected chi connectivity index (χ3v) is 4.45. The highest BCUT2D eigenvalue weighted by Crippen LogP contribution is 2.28. The lowest BCUT2D eigenvalue weighted by atomic mass is 10.1. The molecule has 0 aromatic heterocycles. The van der Waals surface area contributed by atoms with Crippen LogP contribution in [0.2, 0.25) is 0 Å². The van der Waals surface area contributed by atoms with Gasteiger partial charge in [-0.05, 0) is 23.8 Å². The summed E-state index contributed by atoms with van der Waals surface area (Å²) in [4.78, 5) is 31.9. The molecule has 0 unspecified atom stereocenters. The third-order valence-electron chi connectivity index (χ3n) is 4.45. The van der Waals surface area contributed by atoms with Gasteiger partial charge in [0.15, 0.2) is 0 Å². The van der Waals surface area contributed by atoms with E-state index in [0.717, 1.165) is 5.56 Å². The Morgan fingerprint density at radius 3 is 2.41 bits per heavy atom. The number of para-hydroxylation sites is 2. The van der Waals surface area contributed by atoms with Crippen LogP contribution in [0.25, 0.3) is 0 Å². The number of rotatable bonds is 5. The predicted molar refractivity (Wildman–Crippen MR) is 102 cm³/mol. The zero-order valence-corrected chi connectivity index (χ0v) is 14.9. The number of nitro groups is 1. The molecule has 3 rings (SSSR count). The molecule has 8 heteroatoms. The molecule has 1 saturated heterocycles. The van der Waals surface area contributed by atoms with Crippen molar-refractivity contribution in [3.8, 4) is 0 Å². The average Bonchev–Trinajstić information content (AvgIpc) is 2.72. The van der Waals surface area contributed by atoms with Gasteiger partial charge in [0.25, 0.3) is 11.6 Å². The molecule has 1 aliphatic rings. The molecule has 2 aromatic carbocycles. The standard InChI is InChI=1S/C19H20N4O4/c1-27-20-14-15-6-8-16(9-7-15)19(24)22-12-10-21(11-13-22)17-4-2-3-5-18(17)23(25)26/h2-9,14H,10-13H2,1H3/b20-14+. The Balaban J connectivity index is 1.64. The van der Waals surface area contributed by atoms with E-state index >= 15 is 0 Å². The summed E-state index contributed by atoms with van der Waals surface area (Å²) in [6.45, 7) is 2.12. The normalized spacial score (nSPS) is 14.4. The minimum absolute atomic E-state index is 0.0487. The lowest BCUT2D eigenvalue weighted by Crippen LogP contribution is -2.48. The number of anilines is 1. The molecular weight excluding hydrogens is 348 g/mol. The number of hydrogen-bond donors (Lipinski definition) is 0. The van der Waals surface area contributed by atoms with Crippen LogP contribution < -0.4 is 4.90 Å². The van der Waals surface area contributed by atoms with Crippen LogP contribution in [-0.4, -0.2) is 55.2 Å². The number of oxime groups is 1. The van der Waals surface area contributed by atoms with Crippen LogP contribution in [0.3, 0.4) is 0 Å². The van der Waals surface area contributed by atoms with Crippen molar-refractivity contribution < 1.29 is 14.6 Å². The number of nitro benzene ring substituents is 1. The van der Waals surface area contributed by atoms with Crippen LogP contribution in [0.5, 0.6) is 0 Å². The topological polar surface area (TPSA) is 88.3 Å². The highest BCUT2D eigenvalue weighted by molar-refractivity contribution is 5.95. The second kappa shape index (κ2) is 8.31. The van der Waals surface area contributed by atoms with Crippen LogP contribution in [-0.2, 0) is 4.84 Å². The van der Waals surface area contributed by atoms with E-state index in [1.165, 1.54) is 13.2 Å². The summed E-state index contributed by atoms with van der Waals surface area (Å²) in [6, 6.07) is 13.8. The molecule has 27 heavy (non-hydrogen) atoms. The maximum Gasteiger partial charge on any atom is 0.292 e. The van der Waals surface area contributed by atoms with Crippen molar-refractivity contribution in [1.29, 1.82) is 0 Å². The van der Waals surface area contributed by atoms with Crippen molar-refractivity contribution >= 4 is 23.5 Å². The summed E-state index contributed by atoms with van der Waals surface area (Å²) >= 11 is 0. The molecule has 140 valence electrons. The molecule has 1 fully saturated rings. The predicted octanol–water partition coefficient (Wildman–Crippen LogP) is 2.54. The maximum atomic E-state index is 12.7. The van der Waals surface area contributed by atoms with E-state index < -0.39 is 0 Å². The van der Waals surface area contributed by atoms with Gasteiger partial charge in [-0.25, -0.2) is 0 Å². The highest BCUT2D eigenvalue weighted by Gasteiger charge is 2.25. The van der Waals surface area contributed by atoms with Crippen LogP contribution in [0.4, 0.5) is 11.4 Å². The van der Waals surface area contributed by atoms with Gasteiger partial charge in [-0.3, -0.25) is 14.9 Å². The van der Waals surface area contributed by atoms with Gasteiger partial charge in [0.05, 0.1) is 11.1 Å². The Hall–Kier alpha value is -3.42. The van der Waals surface area contributed by atoms with Crippen LogP contribution >= 0.6 is 0 Å². The molecule has 1 aliphatic heterocycles. The summed E-state index contributed by atoms with van der Waals surface area (Å²) in [5.74, 6) is -0.0487. The molecule has 0 N–H and O–H groups in total. The number of carbonyl (C=O) groups excluding carboxylic acids is 1. The van der Waals surface area contributed by atoms with Gasteiger partial charge in [0, 0.05) is 37.8 Å². The molecule has 8 nitrogen and oxygen atoms in total. The Kier molecular flexibility index (Phi) is 5.65. The zero-order valence-electron chi connectivity index (χ0n) is 14.9. The van der Waals surface area contributed by atoms with Gasteiger partial charge in [-0.1, -0.05) is 29.4 Å². The number of hydrogen-bond acceptors (Lipinski definition) is 6. The fourth-order valence-electron chi connectivity index (χ4n) is 3.04. The second-order valence-electron chi connectivity index (χ2n) is 6.06. The SMILES string of the molecule is CO/N=C/c1ccc(C(=O)N2CCN(c3ccccc3[N+](=O)[O-])CC2)cc1. The Morgan fingerprint density at radius 1 is 1.11 bits per heavy atom. The number of carbonyl (C=O) groups is 1. The Bertz CT molecular complexity index is 843. The van der Waals surface area contributed by atoms with E-state index in [1.807, 2.05) is 4.90 Å². The molecule has 2 aromatic rings. The van der Waals surface area contributed by atoms with Crippen molar-refractivity contribution in [2.24, 2.45) is 5.16 Å². The lowest BCUT2D eigenvalue weighted by molar-refractivity contribution is -0.384. The maximum absolute atomic E-state index is 12.7. The molecular formula is C19H20N4O4. The van der Waals surface area contributed by atoms with E-state index in [9.17, 15) is 14.9 Å². The number of benzene rings is 2. The molecule has 1 heterocycles. The van der Waals surface area contributed by atoms with E-state index in [-0.39, 0.29) is 16.5 Å². The summed E-state index contributed by atoms with van der Waals surface area (Å²) in [7, 11) is 1.47. The molecule has 0 radical (unpaired) electrons. The fourth-order valence-corrected chi connectivity index (χ4v) is 3.04. The van der Waals surface area contributed by atoms with Crippen molar-refractivity contribution in [3.63, 3.8) is 0 Å². The van der Waals surface area contributed by atoms with Gasteiger partial charge in [-0.2, -0.15) is 0 Å². The Labute approximate surface area is 156 Å². The molecule has 0 aliphatic carbocycles. The van der Waals surface area contributed by atoms with E-state index in [1.54, 1.807) is 53.6 Å². The van der Waals surface area contributed by atoms with E-state index in [0.29, 0.717) is 37.4 Å². The summed E-state index contributed by atoms with van der Waals surface area (Å²) in [5.41, 5.74) is 2.13. The van der Waals surface area contributed by atoms with Gasteiger partial charge < -0.3 is 14.6 Å². The second-order valence-corrected chi connectivity index (χ2v) is 6.06. The van der Waals surface area contributed by atoms with Gasteiger partial charge in [-0.15, -0.1) is 0 Å². The van der Waals surface area contributed by atoms with Gasteiger partial charge >= 0.3 is 0 Å². The summed E-state index contributed by atoms with van der Waals surface area (Å²) in [5, 5.41) is 14.9. The van der Waals surface area contributed by atoms with Crippen molar-refractivity contribution in [1.82, 2.24) is 4.90 Å². The monoisotopic (exact) mass is 368 g/mol. The first kappa shape index (κ1) is 18.4. The summed E-state index contributed by atoms with van der Waals surface area (Å²) in [6.07, 6.45) is 1.57. The summed E-state index contributed by atoms with van der Waals surface area (Å²) < 4.78 is 0. The third kappa shape index (κ3) is 4.22. The smallest absolute Gasteiger partial charge is 0.292 e. The Morgan fingerprint density at radius 2 is 1.78 bits per heavy atom. The molecule has 1 amide bonds. The van der Waals surface area contributed by atoms with Crippen molar-refractivity contribution in [2.75, 3.05) is 38.2 Å². The first-order valence-electron chi connectivity index (χ1n) is 8.54. The number of piperazine rings is 1. The first-order chi connectivity index (χ1) is 13.1.